The second kappa shape index (κ2) is 12.7. The molecule has 4 rings (SSSR count). The second-order valence-electron chi connectivity index (χ2n) is 9.20. The number of aliphatic hydroxyl groups excluding tert-OH is 1. The molecule has 0 spiro atoms. The van der Waals surface area contributed by atoms with Crippen LogP contribution in [0.5, 0.6) is 17.4 Å². The van der Waals surface area contributed by atoms with E-state index < -0.39 is 6.10 Å². The van der Waals surface area contributed by atoms with Gasteiger partial charge in [-0.15, -0.1) is 6.58 Å². The van der Waals surface area contributed by atoms with Gasteiger partial charge < -0.3 is 19.3 Å². The van der Waals surface area contributed by atoms with Gasteiger partial charge in [-0.3, -0.25) is 4.90 Å². The summed E-state index contributed by atoms with van der Waals surface area (Å²) >= 11 is 0. The Labute approximate surface area is 213 Å². The molecule has 1 N–H and O–H groups in total. The fraction of sp³-hybridized carbons (Fsp3) is 0.414. The highest BCUT2D eigenvalue weighted by molar-refractivity contribution is 5.47. The summed E-state index contributed by atoms with van der Waals surface area (Å²) in [6.07, 6.45) is 4.33. The second-order valence-corrected chi connectivity index (χ2v) is 9.20. The van der Waals surface area contributed by atoms with Crippen LogP contribution in [0.15, 0.2) is 67.3 Å². The Bertz CT molecular complexity index is 1110. The molecule has 0 saturated heterocycles. The van der Waals surface area contributed by atoms with E-state index in [9.17, 15) is 5.11 Å². The van der Waals surface area contributed by atoms with Crippen molar-refractivity contribution in [1.29, 1.82) is 0 Å². The number of aliphatic hydroxyl groups is 1. The SMILES string of the molecule is C=CCOC[C@@H](O)CN(Cc1c(CC)nn(-c2ccccc2)c1Oc1ccccc1OC)CC1CC1. The highest BCUT2D eigenvalue weighted by Gasteiger charge is 2.29. The van der Waals surface area contributed by atoms with E-state index in [1.165, 1.54) is 12.8 Å². The Balaban J connectivity index is 1.69. The molecule has 1 aliphatic carbocycles. The maximum Gasteiger partial charge on any atom is 0.227 e. The van der Waals surface area contributed by atoms with Gasteiger partial charge in [0.25, 0.3) is 0 Å². The van der Waals surface area contributed by atoms with Crippen molar-refractivity contribution in [3.05, 3.63) is 78.5 Å². The lowest BCUT2D eigenvalue weighted by Gasteiger charge is -2.25. The van der Waals surface area contributed by atoms with Gasteiger partial charge in [-0.05, 0) is 49.4 Å². The van der Waals surface area contributed by atoms with Crippen LogP contribution in [0.1, 0.15) is 31.0 Å². The van der Waals surface area contributed by atoms with E-state index in [0.717, 1.165) is 29.9 Å². The molecule has 192 valence electrons. The smallest absolute Gasteiger partial charge is 0.227 e. The third kappa shape index (κ3) is 6.75. The van der Waals surface area contributed by atoms with Crippen LogP contribution in [-0.2, 0) is 17.7 Å². The van der Waals surface area contributed by atoms with E-state index in [1.54, 1.807) is 13.2 Å². The van der Waals surface area contributed by atoms with Crippen LogP contribution in [-0.4, -0.2) is 59.3 Å². The standard InChI is InChI=1S/C29H37N3O4/c1-4-17-35-21-24(33)19-31(18-22-15-16-22)20-25-26(5-2)30-32(23-11-7-6-8-12-23)29(25)36-28-14-10-9-13-27(28)34-3/h4,6-14,22,24,33H,1,5,15-21H2,2-3H3/t24-/m0/s1. The minimum Gasteiger partial charge on any atom is -0.493 e. The Morgan fingerprint density at radius 3 is 2.53 bits per heavy atom. The van der Waals surface area contributed by atoms with Crippen molar-refractivity contribution in [2.45, 2.75) is 38.8 Å². The lowest BCUT2D eigenvalue weighted by atomic mass is 10.1. The van der Waals surface area contributed by atoms with Gasteiger partial charge in [-0.2, -0.15) is 5.10 Å². The number of hydrogen-bond donors (Lipinski definition) is 1. The van der Waals surface area contributed by atoms with E-state index in [4.69, 9.17) is 19.3 Å². The zero-order valence-electron chi connectivity index (χ0n) is 21.3. The first-order valence-corrected chi connectivity index (χ1v) is 12.7. The summed E-state index contributed by atoms with van der Waals surface area (Å²) in [7, 11) is 1.64. The van der Waals surface area contributed by atoms with Crippen molar-refractivity contribution >= 4 is 0 Å². The van der Waals surface area contributed by atoms with Crippen molar-refractivity contribution in [2.24, 2.45) is 5.92 Å². The van der Waals surface area contributed by atoms with E-state index in [1.807, 2.05) is 59.3 Å². The summed E-state index contributed by atoms with van der Waals surface area (Å²) in [5.41, 5.74) is 2.92. The van der Waals surface area contributed by atoms with Gasteiger partial charge >= 0.3 is 0 Å². The van der Waals surface area contributed by atoms with Crippen LogP contribution in [0.25, 0.3) is 5.69 Å². The number of aryl methyl sites for hydroxylation is 1. The molecule has 1 fully saturated rings. The number of rotatable bonds is 15. The van der Waals surface area contributed by atoms with E-state index in [-0.39, 0.29) is 6.61 Å². The number of para-hydroxylation sites is 3. The third-order valence-corrected chi connectivity index (χ3v) is 6.24. The highest BCUT2D eigenvalue weighted by Crippen LogP contribution is 2.37. The zero-order valence-corrected chi connectivity index (χ0v) is 21.3. The molecule has 1 aliphatic rings. The topological polar surface area (TPSA) is 69.0 Å². The number of methoxy groups -OCH3 is 1. The van der Waals surface area contributed by atoms with E-state index in [2.05, 4.69) is 18.4 Å². The van der Waals surface area contributed by atoms with Crippen LogP contribution >= 0.6 is 0 Å². The molecule has 36 heavy (non-hydrogen) atoms. The Hall–Kier alpha value is -3.13. The quantitative estimate of drug-likeness (QED) is 0.238. The van der Waals surface area contributed by atoms with Crippen LogP contribution in [0, 0.1) is 5.92 Å². The molecule has 0 amide bonds. The normalized spacial score (nSPS) is 14.1. The van der Waals surface area contributed by atoms with Crippen LogP contribution in [0.2, 0.25) is 0 Å². The Morgan fingerprint density at radius 1 is 1.14 bits per heavy atom. The van der Waals surface area contributed by atoms with Crippen LogP contribution < -0.4 is 9.47 Å². The zero-order chi connectivity index (χ0) is 25.3. The van der Waals surface area contributed by atoms with Gasteiger partial charge in [0.1, 0.15) is 0 Å². The van der Waals surface area contributed by atoms with Gasteiger partial charge in [0.15, 0.2) is 11.5 Å². The molecule has 0 radical (unpaired) electrons. The van der Waals surface area contributed by atoms with Gasteiger partial charge in [0.05, 0.1) is 43.4 Å². The van der Waals surface area contributed by atoms with Gasteiger partial charge in [-0.1, -0.05) is 43.3 Å². The predicted molar refractivity (Wildman–Crippen MR) is 141 cm³/mol. The van der Waals surface area contributed by atoms with Crippen molar-refractivity contribution in [3.8, 4) is 23.1 Å². The minimum absolute atomic E-state index is 0.279. The fourth-order valence-electron chi connectivity index (χ4n) is 4.31. The molecule has 1 aromatic heterocycles. The van der Waals surface area contributed by atoms with E-state index in [0.29, 0.717) is 43.0 Å². The molecule has 0 aliphatic heterocycles. The molecule has 0 bridgehead atoms. The first-order chi connectivity index (χ1) is 17.6. The van der Waals surface area contributed by atoms with E-state index >= 15 is 0 Å². The van der Waals surface area contributed by atoms with Crippen LogP contribution in [0.3, 0.4) is 0 Å². The lowest BCUT2D eigenvalue weighted by Crippen LogP contribution is -2.36. The highest BCUT2D eigenvalue weighted by atomic mass is 16.5. The molecule has 0 unspecified atom stereocenters. The summed E-state index contributed by atoms with van der Waals surface area (Å²) < 4.78 is 19.5. The summed E-state index contributed by atoms with van der Waals surface area (Å²) in [5, 5.41) is 15.6. The first-order valence-electron chi connectivity index (χ1n) is 12.7. The number of aromatic nitrogens is 2. The van der Waals surface area contributed by atoms with Gasteiger partial charge in [-0.25, -0.2) is 4.68 Å². The molecule has 7 nitrogen and oxygen atoms in total. The molecule has 3 aromatic rings. The summed E-state index contributed by atoms with van der Waals surface area (Å²) in [5.74, 6) is 2.62. The predicted octanol–water partition coefficient (Wildman–Crippen LogP) is 5.01. The maximum atomic E-state index is 10.7. The molecule has 2 aromatic carbocycles. The monoisotopic (exact) mass is 491 g/mol. The Kier molecular flexibility index (Phi) is 9.17. The minimum atomic E-state index is -0.587. The van der Waals surface area contributed by atoms with Crippen molar-refractivity contribution < 1.29 is 19.3 Å². The van der Waals surface area contributed by atoms with Gasteiger partial charge in [0.2, 0.25) is 5.88 Å². The molecule has 1 saturated carbocycles. The largest absolute Gasteiger partial charge is 0.493 e. The third-order valence-electron chi connectivity index (χ3n) is 6.24. The molecular weight excluding hydrogens is 454 g/mol. The number of benzene rings is 2. The van der Waals surface area contributed by atoms with Crippen molar-refractivity contribution in [2.75, 3.05) is 33.4 Å². The summed E-state index contributed by atoms with van der Waals surface area (Å²) in [6.45, 7) is 8.55. The van der Waals surface area contributed by atoms with Crippen molar-refractivity contribution in [1.82, 2.24) is 14.7 Å². The number of ether oxygens (including phenoxy) is 3. The molecule has 1 heterocycles. The van der Waals surface area contributed by atoms with Gasteiger partial charge in [0, 0.05) is 19.6 Å². The fourth-order valence-corrected chi connectivity index (χ4v) is 4.31. The summed E-state index contributed by atoms with van der Waals surface area (Å²) in [6, 6.07) is 17.7. The number of nitrogens with zero attached hydrogens (tertiary/aromatic N) is 3. The maximum absolute atomic E-state index is 10.7. The van der Waals surface area contributed by atoms with Crippen LogP contribution in [0.4, 0.5) is 0 Å². The average molecular weight is 492 g/mol. The lowest BCUT2D eigenvalue weighted by molar-refractivity contribution is 0.0235. The molecular formula is C29H37N3O4. The Morgan fingerprint density at radius 2 is 1.86 bits per heavy atom. The van der Waals surface area contributed by atoms with Crippen molar-refractivity contribution in [3.63, 3.8) is 0 Å². The molecule has 7 heteroatoms. The summed E-state index contributed by atoms with van der Waals surface area (Å²) in [4.78, 5) is 2.31. The first kappa shape index (κ1) is 25.9. The molecule has 1 atom stereocenters. The average Bonchev–Trinajstić information content (AvgIpc) is 3.65. The number of hydrogen-bond acceptors (Lipinski definition) is 6.